The molecule has 0 aliphatic carbocycles. The third-order valence-corrected chi connectivity index (χ3v) is 6.90. The van der Waals surface area contributed by atoms with Gasteiger partial charge in [-0.3, -0.25) is 18.2 Å². The van der Waals surface area contributed by atoms with Gasteiger partial charge in [0.05, 0.1) is 36.0 Å². The summed E-state index contributed by atoms with van der Waals surface area (Å²) in [5.41, 5.74) is 5.30. The lowest BCUT2D eigenvalue weighted by atomic mass is 10.0. The molecule has 1 atom stereocenters. The van der Waals surface area contributed by atoms with Crippen molar-refractivity contribution in [1.82, 2.24) is 34.0 Å². The number of fused-ring (bicyclic) bond motifs is 2. The molecule has 1 unspecified atom stereocenters. The Morgan fingerprint density at radius 2 is 1.65 bits per heavy atom. The lowest BCUT2D eigenvalue weighted by Crippen LogP contribution is -2.30. The summed E-state index contributed by atoms with van der Waals surface area (Å²) >= 11 is 0. The Hall–Kier alpha value is -4.05. The van der Waals surface area contributed by atoms with Crippen molar-refractivity contribution >= 4 is 10.9 Å². The molecule has 2 aromatic carbocycles. The van der Waals surface area contributed by atoms with Crippen molar-refractivity contribution in [3.05, 3.63) is 87.6 Å². The van der Waals surface area contributed by atoms with Crippen molar-refractivity contribution in [1.29, 1.82) is 0 Å². The maximum absolute atomic E-state index is 14.4. The van der Waals surface area contributed by atoms with E-state index in [1.54, 1.807) is 63.1 Å². The summed E-state index contributed by atoms with van der Waals surface area (Å²) in [6, 6.07) is 9.41. The highest BCUT2D eigenvalue weighted by molar-refractivity contribution is 5.80. The molecule has 5 aromatic rings. The van der Waals surface area contributed by atoms with Gasteiger partial charge in [-0.2, -0.15) is 10.2 Å². The van der Waals surface area contributed by atoms with Crippen LogP contribution < -0.4 is 11.0 Å². The van der Waals surface area contributed by atoms with Crippen LogP contribution in [0.1, 0.15) is 56.6 Å². The molecule has 3 aromatic heterocycles. The first kappa shape index (κ1) is 30.5. The van der Waals surface area contributed by atoms with E-state index in [0.29, 0.717) is 24.1 Å². The normalized spacial score (nSPS) is 14.0. The van der Waals surface area contributed by atoms with Crippen molar-refractivity contribution in [2.45, 2.75) is 54.5 Å². The maximum Gasteiger partial charge on any atom is 0.338 e. The van der Waals surface area contributed by atoms with Gasteiger partial charge in [0, 0.05) is 49.4 Å². The van der Waals surface area contributed by atoms with E-state index in [4.69, 9.17) is 5.10 Å². The van der Waals surface area contributed by atoms with Crippen molar-refractivity contribution in [3.8, 4) is 17.2 Å². The number of hydrogen-bond acceptors (Lipinski definition) is 4. The van der Waals surface area contributed by atoms with E-state index in [2.05, 4.69) is 17.3 Å². The van der Waals surface area contributed by atoms with E-state index in [0.717, 1.165) is 46.5 Å². The first-order valence-corrected chi connectivity index (χ1v) is 13.1. The van der Waals surface area contributed by atoms with Gasteiger partial charge in [0.1, 0.15) is 11.6 Å². The van der Waals surface area contributed by atoms with Crippen LogP contribution in [-0.2, 0) is 13.5 Å². The molecule has 1 aliphatic heterocycles. The first-order chi connectivity index (χ1) is 18.8. The predicted octanol–water partition coefficient (Wildman–Crippen LogP) is 5.91. The number of benzene rings is 2. The van der Waals surface area contributed by atoms with Crippen LogP contribution >= 0.6 is 0 Å². The van der Waals surface area contributed by atoms with E-state index >= 15 is 0 Å². The number of aromatic nitrogens is 6. The highest BCUT2D eigenvalue weighted by Gasteiger charge is 2.29. The summed E-state index contributed by atoms with van der Waals surface area (Å²) in [5, 5.41) is 13.6. The van der Waals surface area contributed by atoms with Gasteiger partial charge in [-0.05, 0) is 62.2 Å². The number of halogens is 2. The van der Waals surface area contributed by atoms with Gasteiger partial charge in [0.25, 0.3) is 0 Å². The minimum atomic E-state index is -0.226. The molecule has 0 fully saturated rings. The molecule has 4 heterocycles. The lowest BCUT2D eigenvalue weighted by Gasteiger charge is -2.21. The van der Waals surface area contributed by atoms with Crippen molar-refractivity contribution in [3.63, 3.8) is 0 Å². The summed E-state index contributed by atoms with van der Waals surface area (Å²) in [6.07, 6.45) is 6.09. The molecule has 1 N–H and O–H groups in total. The monoisotopic (exact) mass is 551 g/mol. The minimum absolute atomic E-state index is 0. The highest BCUT2D eigenvalue weighted by Crippen LogP contribution is 2.31. The van der Waals surface area contributed by atoms with Gasteiger partial charge in [-0.25, -0.2) is 13.9 Å². The third kappa shape index (κ3) is 5.11. The van der Waals surface area contributed by atoms with Crippen LogP contribution in [0.4, 0.5) is 8.78 Å². The Bertz CT molecular complexity index is 1650. The van der Waals surface area contributed by atoms with Gasteiger partial charge in [-0.15, -0.1) is 0 Å². The fourth-order valence-corrected chi connectivity index (χ4v) is 5.10. The quantitative estimate of drug-likeness (QED) is 0.303. The number of hydrogen-bond donors (Lipinski definition) is 1. The second-order valence-electron chi connectivity index (χ2n) is 9.25. The molecule has 1 aliphatic rings. The molecule has 0 spiro atoms. The smallest absolute Gasteiger partial charge is 0.310 e. The lowest BCUT2D eigenvalue weighted by molar-refractivity contribution is 0.536. The average molecular weight is 552 g/mol. The number of alkyl halides is 1. The zero-order valence-electron chi connectivity index (χ0n) is 23.5. The molecule has 0 saturated heterocycles. The van der Waals surface area contributed by atoms with E-state index in [9.17, 15) is 13.6 Å². The zero-order valence-corrected chi connectivity index (χ0v) is 23.5. The number of nitrogens with zero attached hydrogens (tertiary/aromatic N) is 6. The Labute approximate surface area is 233 Å². The molecule has 6 rings (SSSR count). The number of nitrogens with one attached hydrogen (secondary N) is 1. The summed E-state index contributed by atoms with van der Waals surface area (Å²) < 4.78 is 30.7. The highest BCUT2D eigenvalue weighted by atomic mass is 19.1. The van der Waals surface area contributed by atoms with Gasteiger partial charge in [0.15, 0.2) is 0 Å². The van der Waals surface area contributed by atoms with Crippen LogP contribution in [0.3, 0.4) is 0 Å². The van der Waals surface area contributed by atoms with Gasteiger partial charge in [0.2, 0.25) is 0 Å². The van der Waals surface area contributed by atoms with Gasteiger partial charge in [-0.1, -0.05) is 21.3 Å². The Morgan fingerprint density at radius 1 is 1.00 bits per heavy atom. The van der Waals surface area contributed by atoms with Gasteiger partial charge < -0.3 is 5.32 Å². The summed E-state index contributed by atoms with van der Waals surface area (Å²) in [4.78, 5) is 13.8. The van der Waals surface area contributed by atoms with Crippen LogP contribution in [0.2, 0.25) is 0 Å². The van der Waals surface area contributed by atoms with Crippen molar-refractivity contribution < 1.29 is 8.78 Å². The fraction of sp³-hybridized carbons (Fsp3) is 0.367. The van der Waals surface area contributed by atoms with E-state index < -0.39 is 0 Å². The zero-order chi connectivity index (χ0) is 28.4. The number of aryl methyl sites for hydroxylation is 3. The minimum Gasteiger partial charge on any atom is -0.310 e. The van der Waals surface area contributed by atoms with Crippen LogP contribution in [0.15, 0.2) is 53.7 Å². The number of rotatable bonds is 3. The molecule has 0 radical (unpaired) electrons. The molecule has 0 saturated carbocycles. The second kappa shape index (κ2) is 12.4. The predicted molar refractivity (Wildman–Crippen MR) is 157 cm³/mol. The molecule has 8 nitrogen and oxygen atoms in total. The molecule has 214 valence electrons. The maximum atomic E-state index is 14.4. The van der Waals surface area contributed by atoms with E-state index in [-0.39, 0.29) is 25.0 Å². The molecule has 0 amide bonds. The van der Waals surface area contributed by atoms with E-state index in [1.807, 2.05) is 39.1 Å². The van der Waals surface area contributed by atoms with Crippen molar-refractivity contribution in [2.24, 2.45) is 7.05 Å². The van der Waals surface area contributed by atoms with Gasteiger partial charge >= 0.3 is 5.69 Å². The summed E-state index contributed by atoms with van der Waals surface area (Å²) in [6.45, 7) is 10.4. The third-order valence-electron chi connectivity index (χ3n) is 6.90. The Morgan fingerprint density at radius 3 is 2.33 bits per heavy atom. The Balaban J connectivity index is 0.000000846. The number of imidazole rings is 1. The SMILES string of the molecule is C.CC.CF.Cc1cc(-n2nc3c(c2-n2ccn(-c4ccc5c(cnn5C)c4)c2=O)C(C)NCC3)cc(C)c1F. The molecule has 10 heteroatoms. The standard InChI is InChI=1S/C26H26FN7O.C2H6.CH3F.CH4/c1-15-11-20(12-16(2)24(15)27)34-25(23-17(3)28-8-7-21(23)30-34)33-10-9-32(26(33)35)19-5-6-22-18(13-19)14-29-31(22)4;2*1-2;/h5-6,9-14,17,28H,7-8H2,1-4H3;1-2H3;1H3;1H4. The molecular weight excluding hydrogens is 512 g/mol. The fourth-order valence-electron chi connectivity index (χ4n) is 5.10. The summed E-state index contributed by atoms with van der Waals surface area (Å²) in [5.74, 6) is 0.452. The van der Waals surface area contributed by atoms with Crippen LogP contribution in [0.25, 0.3) is 28.1 Å². The molecule has 0 bridgehead atoms. The van der Waals surface area contributed by atoms with E-state index in [1.165, 1.54) is 0 Å². The topological polar surface area (TPSA) is 74.6 Å². The second-order valence-corrected chi connectivity index (χ2v) is 9.25. The van der Waals surface area contributed by atoms with Crippen LogP contribution in [-0.4, -0.2) is 42.4 Å². The van der Waals surface area contributed by atoms with Crippen LogP contribution in [0, 0.1) is 19.7 Å². The van der Waals surface area contributed by atoms with Crippen LogP contribution in [0.5, 0.6) is 0 Å². The largest absolute Gasteiger partial charge is 0.338 e. The summed E-state index contributed by atoms with van der Waals surface area (Å²) in [7, 11) is 2.39. The Kier molecular flexibility index (Phi) is 9.47. The average Bonchev–Trinajstić information content (AvgIpc) is 3.64. The van der Waals surface area contributed by atoms with Crippen molar-refractivity contribution in [2.75, 3.05) is 13.7 Å². The molecular formula is C30H39F2N7O. The first-order valence-electron chi connectivity index (χ1n) is 13.1. The molecule has 40 heavy (non-hydrogen) atoms.